The lowest BCUT2D eigenvalue weighted by Gasteiger charge is -2.36. The molecule has 1 amide bonds. The summed E-state index contributed by atoms with van der Waals surface area (Å²) in [7, 11) is 2.12. The van der Waals surface area contributed by atoms with Gasteiger partial charge in [0, 0.05) is 18.1 Å². The minimum atomic E-state index is -0.854. The second kappa shape index (κ2) is 10.4. The predicted molar refractivity (Wildman–Crippen MR) is 112 cm³/mol. The summed E-state index contributed by atoms with van der Waals surface area (Å²) in [6.07, 6.45) is 7.05. The third-order valence-corrected chi connectivity index (χ3v) is 6.30. The van der Waals surface area contributed by atoms with E-state index >= 15 is 4.39 Å². The topological polar surface area (TPSA) is 50.8 Å². The van der Waals surface area contributed by atoms with Gasteiger partial charge >= 0.3 is 0 Å². The van der Waals surface area contributed by atoms with Crippen molar-refractivity contribution in [2.75, 3.05) is 20.3 Å². The minimum Gasteiger partial charge on any atom is -0.487 e. The zero-order chi connectivity index (χ0) is 21.7. The van der Waals surface area contributed by atoms with E-state index in [0.717, 1.165) is 51.0 Å². The number of halogens is 2. The Labute approximate surface area is 178 Å². The maximum Gasteiger partial charge on any atom is 0.254 e. The number of carbonyl (C=O) groups is 1. The summed E-state index contributed by atoms with van der Waals surface area (Å²) in [5.74, 6) is -2.76. The van der Waals surface area contributed by atoms with E-state index in [0.29, 0.717) is 18.5 Å². The van der Waals surface area contributed by atoms with E-state index in [4.69, 9.17) is 9.47 Å². The monoisotopic (exact) mass is 424 g/mol. The Morgan fingerprint density at radius 2 is 1.63 bits per heavy atom. The van der Waals surface area contributed by atoms with Gasteiger partial charge in [-0.2, -0.15) is 0 Å². The highest BCUT2D eigenvalue weighted by molar-refractivity contribution is 5.95. The summed E-state index contributed by atoms with van der Waals surface area (Å²) in [6, 6.07) is 1.79. The number of piperidine rings is 1. The molecule has 7 heteroatoms. The molecule has 0 unspecified atom stereocenters. The van der Waals surface area contributed by atoms with Crippen LogP contribution in [-0.2, 0) is 0 Å². The molecule has 2 saturated heterocycles. The third-order valence-electron chi connectivity index (χ3n) is 6.30. The Hall–Kier alpha value is -1.89. The maximum atomic E-state index is 15.2. The molecule has 2 aliphatic rings. The van der Waals surface area contributed by atoms with Gasteiger partial charge in [0.2, 0.25) is 5.75 Å². The number of hydrogen-bond donors (Lipinski definition) is 1. The van der Waals surface area contributed by atoms with Crippen LogP contribution in [0.1, 0.15) is 75.6 Å². The van der Waals surface area contributed by atoms with Crippen molar-refractivity contribution in [3.05, 3.63) is 23.3 Å². The quantitative estimate of drug-likeness (QED) is 0.554. The van der Waals surface area contributed by atoms with E-state index in [-0.39, 0.29) is 36.3 Å². The van der Waals surface area contributed by atoms with Gasteiger partial charge in [-0.3, -0.25) is 4.79 Å². The van der Waals surface area contributed by atoms with Crippen molar-refractivity contribution in [1.29, 1.82) is 0 Å². The van der Waals surface area contributed by atoms with Gasteiger partial charge in [-0.1, -0.05) is 26.7 Å². The third kappa shape index (κ3) is 5.05. The standard InChI is InChI=1S/C23H34F2N2O3/c1-4-6-10-29-21-19(24)14-18(20(25)22(21)30-11-7-5-2)23(28)26-15-12-16-8-9-17(13-15)27(16)3/h14-17H,4-13H2,1-3H3,(H,26,28)/t15-,16+,17-. The highest BCUT2D eigenvalue weighted by Gasteiger charge is 2.39. The van der Waals surface area contributed by atoms with Gasteiger partial charge in [0.1, 0.15) is 0 Å². The SMILES string of the molecule is CCCCOc1c(F)cc(C(=O)N[C@H]2C[C@H]3CC[C@@H](C2)N3C)c(F)c1OCCCC. The highest BCUT2D eigenvalue weighted by Crippen LogP contribution is 2.37. The highest BCUT2D eigenvalue weighted by atomic mass is 19.1. The predicted octanol–water partition coefficient (Wildman–Crippen LogP) is 4.68. The van der Waals surface area contributed by atoms with Crippen LogP contribution in [0.15, 0.2) is 6.07 Å². The summed E-state index contributed by atoms with van der Waals surface area (Å²) in [6.45, 7) is 4.47. The van der Waals surface area contributed by atoms with Gasteiger partial charge in [0.25, 0.3) is 5.91 Å². The van der Waals surface area contributed by atoms with E-state index in [1.54, 1.807) is 0 Å². The molecule has 2 heterocycles. The number of rotatable bonds is 10. The summed E-state index contributed by atoms with van der Waals surface area (Å²) < 4.78 is 41.0. The minimum absolute atomic E-state index is 0.0291. The number of amides is 1. The van der Waals surface area contributed by atoms with Gasteiger partial charge in [-0.25, -0.2) is 8.78 Å². The Morgan fingerprint density at radius 1 is 1.07 bits per heavy atom. The molecule has 0 saturated carbocycles. The van der Waals surface area contributed by atoms with Crippen LogP contribution in [0, 0.1) is 11.6 Å². The van der Waals surface area contributed by atoms with Crippen LogP contribution in [0.25, 0.3) is 0 Å². The lowest BCUT2D eigenvalue weighted by atomic mass is 9.97. The number of fused-ring (bicyclic) bond motifs is 2. The zero-order valence-corrected chi connectivity index (χ0v) is 18.3. The first-order valence-corrected chi connectivity index (χ1v) is 11.3. The van der Waals surface area contributed by atoms with E-state index in [2.05, 4.69) is 17.3 Å². The molecule has 30 heavy (non-hydrogen) atoms. The molecule has 1 N–H and O–H groups in total. The molecule has 168 valence electrons. The number of nitrogens with one attached hydrogen (secondary N) is 1. The first kappa shape index (κ1) is 22.8. The Kier molecular flexibility index (Phi) is 7.92. The van der Waals surface area contributed by atoms with Crippen molar-refractivity contribution >= 4 is 5.91 Å². The molecule has 0 aromatic heterocycles. The molecule has 3 atom stereocenters. The fraction of sp³-hybridized carbons (Fsp3) is 0.696. The van der Waals surface area contributed by atoms with Crippen molar-refractivity contribution in [3.63, 3.8) is 0 Å². The van der Waals surface area contributed by atoms with Crippen LogP contribution in [0.3, 0.4) is 0 Å². The fourth-order valence-corrected chi connectivity index (χ4v) is 4.44. The van der Waals surface area contributed by atoms with E-state index < -0.39 is 17.5 Å². The number of nitrogens with zero attached hydrogens (tertiary/aromatic N) is 1. The van der Waals surface area contributed by atoms with Crippen molar-refractivity contribution < 1.29 is 23.0 Å². The number of hydrogen-bond acceptors (Lipinski definition) is 4. The van der Waals surface area contributed by atoms with Crippen molar-refractivity contribution in [1.82, 2.24) is 10.2 Å². The fourth-order valence-electron chi connectivity index (χ4n) is 4.44. The summed E-state index contributed by atoms with van der Waals surface area (Å²) in [4.78, 5) is 15.2. The second-order valence-electron chi connectivity index (χ2n) is 8.47. The molecule has 5 nitrogen and oxygen atoms in total. The second-order valence-corrected chi connectivity index (χ2v) is 8.47. The summed E-state index contributed by atoms with van der Waals surface area (Å²) in [5, 5.41) is 2.92. The Balaban J connectivity index is 1.78. The molecule has 1 aromatic carbocycles. The van der Waals surface area contributed by atoms with Crippen molar-refractivity contribution in [3.8, 4) is 11.5 Å². The van der Waals surface area contributed by atoms with Crippen LogP contribution >= 0.6 is 0 Å². The van der Waals surface area contributed by atoms with E-state index in [1.165, 1.54) is 0 Å². The lowest BCUT2D eigenvalue weighted by Crippen LogP contribution is -2.48. The molecule has 2 aliphatic heterocycles. The molecule has 1 aromatic rings. The van der Waals surface area contributed by atoms with Crippen LogP contribution in [0.5, 0.6) is 11.5 Å². The molecule has 0 spiro atoms. The van der Waals surface area contributed by atoms with Crippen LogP contribution in [-0.4, -0.2) is 49.2 Å². The summed E-state index contributed by atoms with van der Waals surface area (Å²) in [5.41, 5.74) is -0.326. The van der Waals surface area contributed by atoms with Crippen LogP contribution < -0.4 is 14.8 Å². The molecule has 2 bridgehead atoms. The van der Waals surface area contributed by atoms with Gasteiger partial charge in [0.05, 0.1) is 18.8 Å². The van der Waals surface area contributed by atoms with Crippen LogP contribution in [0.4, 0.5) is 8.78 Å². The number of ether oxygens (including phenoxy) is 2. The largest absolute Gasteiger partial charge is 0.487 e. The number of carbonyl (C=O) groups excluding carboxylic acids is 1. The van der Waals surface area contributed by atoms with Gasteiger partial charge < -0.3 is 19.7 Å². The van der Waals surface area contributed by atoms with E-state index in [9.17, 15) is 9.18 Å². The molecule has 0 radical (unpaired) electrons. The number of unbranched alkanes of at least 4 members (excludes halogenated alkanes) is 2. The van der Waals surface area contributed by atoms with Crippen LogP contribution in [0.2, 0.25) is 0 Å². The van der Waals surface area contributed by atoms with Gasteiger partial charge in [-0.05, 0) is 51.6 Å². The van der Waals surface area contributed by atoms with Gasteiger partial charge in [-0.15, -0.1) is 0 Å². The lowest BCUT2D eigenvalue weighted by molar-refractivity contribution is 0.0876. The van der Waals surface area contributed by atoms with Crippen molar-refractivity contribution in [2.24, 2.45) is 0 Å². The van der Waals surface area contributed by atoms with E-state index in [1.807, 2.05) is 13.8 Å². The molecule has 3 rings (SSSR count). The Bertz CT molecular complexity index is 730. The average Bonchev–Trinajstić information content (AvgIpc) is 2.92. The molecule has 2 fully saturated rings. The normalized spacial score (nSPS) is 23.4. The first-order chi connectivity index (χ1) is 14.5. The van der Waals surface area contributed by atoms with Gasteiger partial charge in [0.15, 0.2) is 17.4 Å². The van der Waals surface area contributed by atoms with Crippen molar-refractivity contribution in [2.45, 2.75) is 83.3 Å². The molecular formula is C23H34F2N2O3. The smallest absolute Gasteiger partial charge is 0.254 e. The first-order valence-electron chi connectivity index (χ1n) is 11.3. The number of benzene rings is 1. The molecule has 0 aliphatic carbocycles. The summed E-state index contributed by atoms with van der Waals surface area (Å²) >= 11 is 0. The molecular weight excluding hydrogens is 390 g/mol. The maximum absolute atomic E-state index is 15.2. The Morgan fingerprint density at radius 3 is 2.20 bits per heavy atom. The average molecular weight is 425 g/mol. The zero-order valence-electron chi connectivity index (χ0n) is 18.3.